The summed E-state index contributed by atoms with van der Waals surface area (Å²) < 4.78 is 43.1. The molecule has 1 fully saturated rings. The summed E-state index contributed by atoms with van der Waals surface area (Å²) in [6.45, 7) is 3.57. The van der Waals surface area contributed by atoms with Gasteiger partial charge in [0.1, 0.15) is 0 Å². The summed E-state index contributed by atoms with van der Waals surface area (Å²) in [5.74, 6) is 0.597. The van der Waals surface area contributed by atoms with Crippen molar-refractivity contribution >= 4 is 41.3 Å². The Bertz CT molecular complexity index is 555. The number of halogens is 4. The van der Waals surface area contributed by atoms with Crippen molar-refractivity contribution in [2.45, 2.75) is 18.7 Å². The smallest absolute Gasteiger partial charge is 0.374 e. The molecule has 0 radical (unpaired) electrons. The third kappa shape index (κ3) is 7.62. The van der Waals surface area contributed by atoms with Crippen LogP contribution in [0.5, 0.6) is 0 Å². The molecule has 25 heavy (non-hydrogen) atoms. The van der Waals surface area contributed by atoms with Gasteiger partial charge in [-0.15, -0.1) is 35.3 Å². The fourth-order valence-electron chi connectivity index (χ4n) is 2.27. The van der Waals surface area contributed by atoms with Crippen molar-refractivity contribution in [3.63, 3.8) is 0 Å². The highest BCUT2D eigenvalue weighted by Gasteiger charge is 2.33. The molecule has 1 aliphatic heterocycles. The van der Waals surface area contributed by atoms with Crippen LogP contribution in [0.2, 0.25) is 0 Å². The molecule has 2 heterocycles. The Morgan fingerprint density at radius 2 is 2.24 bits per heavy atom. The molecule has 0 saturated carbocycles. The first kappa shape index (κ1) is 22.4. The molecule has 1 aliphatic rings. The minimum absolute atomic E-state index is 0. The number of morpholine rings is 1. The monoisotopic (exact) mass is 493 g/mol. The summed E-state index contributed by atoms with van der Waals surface area (Å²) in [6.07, 6.45) is -3.88. The van der Waals surface area contributed by atoms with Gasteiger partial charge in [0, 0.05) is 45.0 Å². The van der Waals surface area contributed by atoms with E-state index in [1.807, 2.05) is 7.05 Å². The van der Waals surface area contributed by atoms with E-state index in [1.54, 1.807) is 7.05 Å². The number of aromatic nitrogens is 1. The van der Waals surface area contributed by atoms with Gasteiger partial charge in [0.15, 0.2) is 11.7 Å². The van der Waals surface area contributed by atoms with E-state index in [0.717, 1.165) is 29.8 Å². The van der Waals surface area contributed by atoms with Gasteiger partial charge < -0.3 is 20.3 Å². The maximum absolute atomic E-state index is 12.5. The van der Waals surface area contributed by atoms with E-state index in [-0.39, 0.29) is 30.1 Å². The Morgan fingerprint density at radius 1 is 1.48 bits per heavy atom. The highest BCUT2D eigenvalue weighted by Crippen LogP contribution is 2.29. The van der Waals surface area contributed by atoms with Crippen molar-refractivity contribution in [3.05, 3.63) is 16.1 Å². The van der Waals surface area contributed by atoms with Gasteiger partial charge in [0.25, 0.3) is 0 Å². The van der Waals surface area contributed by atoms with Crippen LogP contribution in [0.4, 0.5) is 13.2 Å². The summed E-state index contributed by atoms with van der Waals surface area (Å²) in [4.78, 5) is 9.90. The van der Waals surface area contributed by atoms with Crippen molar-refractivity contribution < 1.29 is 17.9 Å². The minimum atomic E-state index is -4.38. The first-order chi connectivity index (χ1) is 11.4. The van der Waals surface area contributed by atoms with E-state index in [9.17, 15) is 13.2 Å². The van der Waals surface area contributed by atoms with Crippen LogP contribution in [0.3, 0.4) is 0 Å². The molecule has 1 unspecified atom stereocenters. The van der Waals surface area contributed by atoms with Crippen LogP contribution in [-0.2, 0) is 17.3 Å². The number of guanidine groups is 1. The molecule has 0 spiro atoms. The number of likely N-dealkylation sites (N-methyl/N-ethyl adjacent to an activating group) is 1. The van der Waals surface area contributed by atoms with Crippen molar-refractivity contribution in [3.8, 4) is 0 Å². The molecule has 0 amide bonds. The second-order valence-electron chi connectivity index (χ2n) is 5.51. The predicted octanol–water partition coefficient (Wildman–Crippen LogP) is 1.82. The van der Waals surface area contributed by atoms with Crippen molar-refractivity contribution in [2.24, 2.45) is 4.99 Å². The lowest BCUT2D eigenvalue weighted by molar-refractivity contribution is -0.140. The number of hydrogen-bond donors (Lipinski definition) is 2. The maximum Gasteiger partial charge on any atom is 0.434 e. The van der Waals surface area contributed by atoms with Gasteiger partial charge in [0.05, 0.1) is 17.7 Å². The number of ether oxygens (including phenoxy) is 1. The van der Waals surface area contributed by atoms with Gasteiger partial charge >= 0.3 is 6.18 Å². The second kappa shape index (κ2) is 10.5. The summed E-state index contributed by atoms with van der Waals surface area (Å²) in [6, 6.07) is 0. The van der Waals surface area contributed by atoms with Crippen LogP contribution in [0.15, 0.2) is 10.4 Å². The number of rotatable bonds is 5. The number of alkyl halides is 3. The van der Waals surface area contributed by atoms with E-state index in [4.69, 9.17) is 4.74 Å². The van der Waals surface area contributed by atoms with Crippen LogP contribution < -0.4 is 10.6 Å². The topological polar surface area (TPSA) is 61.8 Å². The predicted molar refractivity (Wildman–Crippen MR) is 103 cm³/mol. The Kier molecular flexibility index (Phi) is 9.38. The molecule has 6 nitrogen and oxygen atoms in total. The molecule has 2 rings (SSSR count). The van der Waals surface area contributed by atoms with Crippen LogP contribution >= 0.6 is 35.3 Å². The second-order valence-corrected chi connectivity index (χ2v) is 6.45. The highest BCUT2D eigenvalue weighted by atomic mass is 127. The summed E-state index contributed by atoms with van der Waals surface area (Å²) in [5, 5.41) is 7.73. The fraction of sp³-hybridized carbons (Fsp3) is 0.714. The molecule has 1 atom stereocenters. The quantitative estimate of drug-likeness (QED) is 0.373. The van der Waals surface area contributed by atoms with Gasteiger partial charge in [-0.1, -0.05) is 0 Å². The van der Waals surface area contributed by atoms with Crippen LogP contribution in [0.25, 0.3) is 0 Å². The Morgan fingerprint density at radius 3 is 2.84 bits per heavy atom. The zero-order valence-corrected chi connectivity index (χ0v) is 17.2. The Hall–Kier alpha value is -0.660. The van der Waals surface area contributed by atoms with Gasteiger partial charge in [-0.2, -0.15) is 13.2 Å². The van der Waals surface area contributed by atoms with Crippen LogP contribution in [-0.4, -0.2) is 68.8 Å². The number of nitrogens with one attached hydrogen (secondary N) is 2. The minimum Gasteiger partial charge on any atom is -0.374 e. The molecule has 0 aliphatic carbocycles. The molecule has 1 saturated heterocycles. The number of hydrogen-bond acceptors (Lipinski definition) is 5. The summed E-state index contributed by atoms with van der Waals surface area (Å²) in [5.41, 5.74) is -0.830. The van der Waals surface area contributed by atoms with Crippen molar-refractivity contribution in [1.29, 1.82) is 0 Å². The van der Waals surface area contributed by atoms with Crippen LogP contribution in [0, 0.1) is 0 Å². The van der Waals surface area contributed by atoms with Gasteiger partial charge in [-0.3, -0.25) is 4.99 Å². The van der Waals surface area contributed by atoms with Crippen molar-refractivity contribution in [1.82, 2.24) is 20.5 Å². The number of aliphatic imine (C=N–C) groups is 1. The molecule has 0 bridgehead atoms. The standard InChI is InChI=1S/C14H22F3N5OS.HI/c1-18-13(20-7-10-8-22(2)5-6-23-10)19-4-3-12-21-11(9-24-12)14(15,16)17;/h9-10H,3-8H2,1-2H3,(H2,18,19,20);1H. The van der Waals surface area contributed by atoms with E-state index in [2.05, 4.69) is 25.5 Å². The molecule has 11 heteroatoms. The molecule has 1 aromatic heterocycles. The first-order valence-corrected chi connectivity index (χ1v) is 8.52. The summed E-state index contributed by atoms with van der Waals surface area (Å²) >= 11 is 1.02. The highest BCUT2D eigenvalue weighted by molar-refractivity contribution is 14.0. The maximum atomic E-state index is 12.5. The van der Waals surface area contributed by atoms with E-state index in [1.165, 1.54) is 0 Å². The number of nitrogens with zero attached hydrogens (tertiary/aromatic N) is 3. The average Bonchev–Trinajstić information content (AvgIpc) is 3.00. The Balaban J connectivity index is 0.00000312. The van der Waals surface area contributed by atoms with Crippen molar-refractivity contribution in [2.75, 3.05) is 46.9 Å². The molecule has 1 aromatic rings. The van der Waals surface area contributed by atoms with Gasteiger partial charge in [0.2, 0.25) is 0 Å². The lowest BCUT2D eigenvalue weighted by atomic mass is 10.3. The lowest BCUT2D eigenvalue weighted by Gasteiger charge is -2.30. The normalized spacial score (nSPS) is 19.4. The number of thiazole rings is 1. The average molecular weight is 493 g/mol. The Labute approximate surface area is 166 Å². The first-order valence-electron chi connectivity index (χ1n) is 7.64. The zero-order chi connectivity index (χ0) is 17.6. The molecule has 0 aromatic carbocycles. The van der Waals surface area contributed by atoms with Gasteiger partial charge in [-0.25, -0.2) is 4.98 Å². The molecule has 144 valence electrons. The third-order valence-corrected chi connectivity index (χ3v) is 4.44. The molecular formula is C14H23F3IN5OS. The van der Waals surface area contributed by atoms with E-state index in [0.29, 0.717) is 37.1 Å². The molecule has 2 N–H and O–H groups in total. The van der Waals surface area contributed by atoms with E-state index >= 15 is 0 Å². The van der Waals surface area contributed by atoms with Gasteiger partial charge in [-0.05, 0) is 7.05 Å². The largest absolute Gasteiger partial charge is 0.434 e. The van der Waals surface area contributed by atoms with E-state index < -0.39 is 11.9 Å². The zero-order valence-electron chi connectivity index (χ0n) is 14.1. The molecular weight excluding hydrogens is 470 g/mol. The lowest BCUT2D eigenvalue weighted by Crippen LogP contribution is -2.48. The fourth-order valence-corrected chi connectivity index (χ4v) is 3.07. The third-order valence-electron chi connectivity index (χ3n) is 3.54. The SMILES string of the molecule is CN=C(NCCc1nc(C(F)(F)F)cs1)NCC1CN(C)CCO1.I. The van der Waals surface area contributed by atoms with Crippen LogP contribution in [0.1, 0.15) is 10.7 Å². The summed E-state index contributed by atoms with van der Waals surface area (Å²) in [7, 11) is 3.69.